The van der Waals surface area contributed by atoms with Crippen LogP contribution in [0.1, 0.15) is 21.8 Å². The van der Waals surface area contributed by atoms with Crippen LogP contribution in [0.3, 0.4) is 0 Å². The van der Waals surface area contributed by atoms with Crippen LogP contribution in [0.25, 0.3) is 10.2 Å². The van der Waals surface area contributed by atoms with E-state index in [-0.39, 0.29) is 4.88 Å². The van der Waals surface area contributed by atoms with Gasteiger partial charge in [-0.1, -0.05) is 0 Å². The fourth-order valence-electron chi connectivity index (χ4n) is 1.98. The number of carbonyl (C=O) groups excluding carboxylic acids is 1. The highest BCUT2D eigenvalue weighted by Crippen LogP contribution is 2.28. The number of aromatic nitrogens is 2. The highest BCUT2D eigenvalue weighted by molar-refractivity contribution is 7.20. The van der Waals surface area contributed by atoms with Crippen LogP contribution < -0.4 is 5.32 Å². The zero-order valence-electron chi connectivity index (χ0n) is 11.6. The molecule has 0 aromatic carbocycles. The van der Waals surface area contributed by atoms with Gasteiger partial charge in [0, 0.05) is 12.4 Å². The lowest BCUT2D eigenvalue weighted by molar-refractivity contribution is -0.157. The van der Waals surface area contributed by atoms with Gasteiger partial charge in [-0.3, -0.25) is 9.48 Å². The van der Waals surface area contributed by atoms with E-state index < -0.39 is 30.5 Å². The van der Waals surface area contributed by atoms with Crippen LogP contribution in [0.2, 0.25) is 0 Å². The van der Waals surface area contributed by atoms with Gasteiger partial charge in [-0.05, 0) is 13.0 Å². The first-order valence-corrected chi connectivity index (χ1v) is 6.93. The maximum atomic E-state index is 12.3. The van der Waals surface area contributed by atoms with Crippen LogP contribution >= 0.6 is 11.3 Å². The molecule has 0 aliphatic rings. The molecule has 0 saturated heterocycles. The molecular weight excluding hydrogens is 323 g/mol. The van der Waals surface area contributed by atoms with Crippen LogP contribution in [-0.2, 0) is 11.8 Å². The third-order valence-electron chi connectivity index (χ3n) is 2.96. The second kappa shape index (κ2) is 5.59. The Labute approximate surface area is 126 Å². The van der Waals surface area contributed by atoms with Crippen molar-refractivity contribution in [3.05, 3.63) is 16.6 Å². The number of nitrogens with zero attached hydrogens (tertiary/aromatic N) is 2. The number of fused-ring (bicyclic) bond motifs is 1. The third kappa shape index (κ3) is 3.38. The van der Waals surface area contributed by atoms with Crippen molar-refractivity contribution in [3.8, 4) is 0 Å². The van der Waals surface area contributed by atoms with Gasteiger partial charge in [0.05, 0.1) is 17.0 Å². The van der Waals surface area contributed by atoms with Gasteiger partial charge >= 0.3 is 12.1 Å². The van der Waals surface area contributed by atoms with Crippen molar-refractivity contribution in [2.24, 2.45) is 7.05 Å². The molecule has 0 aliphatic carbocycles. The Kier molecular flexibility index (Phi) is 4.14. The summed E-state index contributed by atoms with van der Waals surface area (Å²) in [6.45, 7) is 1.74. The summed E-state index contributed by atoms with van der Waals surface area (Å²) in [5.41, 5.74) is 0.679. The number of hydrogen-bond donors (Lipinski definition) is 2. The Bertz CT molecular complexity index is 701. The number of carboxylic acid groups (broad SMARTS) is 1. The monoisotopic (exact) mass is 335 g/mol. The maximum Gasteiger partial charge on any atom is 0.391 e. The van der Waals surface area contributed by atoms with Gasteiger partial charge in [0.25, 0.3) is 5.91 Å². The summed E-state index contributed by atoms with van der Waals surface area (Å²) in [6, 6.07) is -0.526. The first-order valence-electron chi connectivity index (χ1n) is 6.12. The molecule has 1 amide bonds. The highest BCUT2D eigenvalue weighted by atomic mass is 32.1. The molecule has 120 valence electrons. The van der Waals surface area contributed by atoms with Crippen molar-refractivity contribution in [2.45, 2.75) is 25.6 Å². The van der Waals surface area contributed by atoms with Crippen molar-refractivity contribution >= 4 is 33.4 Å². The molecule has 2 aromatic rings. The molecule has 10 heteroatoms. The van der Waals surface area contributed by atoms with Gasteiger partial charge in [-0.25, -0.2) is 4.79 Å². The van der Waals surface area contributed by atoms with E-state index in [2.05, 4.69) is 5.10 Å². The summed E-state index contributed by atoms with van der Waals surface area (Å²) in [5, 5.41) is 15.5. The molecule has 0 bridgehead atoms. The quantitative estimate of drug-likeness (QED) is 0.896. The minimum absolute atomic E-state index is 0.138. The van der Waals surface area contributed by atoms with Crippen LogP contribution in [0.5, 0.6) is 0 Å². The van der Waals surface area contributed by atoms with E-state index in [0.717, 1.165) is 11.3 Å². The molecule has 0 spiro atoms. The van der Waals surface area contributed by atoms with Crippen molar-refractivity contribution in [3.63, 3.8) is 0 Å². The number of thiophene rings is 1. The van der Waals surface area contributed by atoms with Gasteiger partial charge in [0.1, 0.15) is 10.9 Å². The first kappa shape index (κ1) is 16.3. The average molecular weight is 335 g/mol. The molecule has 1 unspecified atom stereocenters. The lowest BCUT2D eigenvalue weighted by Crippen LogP contribution is -2.43. The molecule has 2 N–H and O–H groups in total. The van der Waals surface area contributed by atoms with Gasteiger partial charge < -0.3 is 10.4 Å². The van der Waals surface area contributed by atoms with E-state index in [0.29, 0.717) is 15.9 Å². The fourth-order valence-corrected chi connectivity index (χ4v) is 3.00. The molecule has 1 atom stereocenters. The Balaban J connectivity index is 2.21. The molecule has 0 saturated carbocycles. The molecule has 0 radical (unpaired) electrons. The number of carboxylic acids is 1. The van der Waals surface area contributed by atoms with E-state index in [1.54, 1.807) is 18.7 Å². The van der Waals surface area contributed by atoms with Crippen molar-refractivity contribution in [1.82, 2.24) is 15.1 Å². The molecule has 22 heavy (non-hydrogen) atoms. The number of nitrogens with one attached hydrogen (secondary N) is 1. The SMILES string of the molecule is Cc1nn(C)c2sc(C(=O)NC(CC(F)(F)F)C(=O)O)cc12. The van der Waals surface area contributed by atoms with Gasteiger partial charge in [-0.2, -0.15) is 18.3 Å². The topological polar surface area (TPSA) is 84.2 Å². The number of aryl methyl sites for hydroxylation is 2. The van der Waals surface area contributed by atoms with Gasteiger partial charge in [0.15, 0.2) is 0 Å². The number of aliphatic carboxylic acids is 1. The van der Waals surface area contributed by atoms with Crippen LogP contribution in [0, 0.1) is 6.92 Å². The molecular formula is C12H12F3N3O3S. The molecule has 2 aromatic heterocycles. The second-order valence-electron chi connectivity index (χ2n) is 4.72. The maximum absolute atomic E-state index is 12.3. The molecule has 2 heterocycles. The zero-order chi connectivity index (χ0) is 16.7. The Hall–Kier alpha value is -2.10. The lowest BCUT2D eigenvalue weighted by atomic mass is 10.2. The minimum atomic E-state index is -4.68. The summed E-state index contributed by atoms with van der Waals surface area (Å²) in [6.07, 6.45) is -6.31. The van der Waals surface area contributed by atoms with E-state index >= 15 is 0 Å². The van der Waals surface area contributed by atoms with E-state index in [4.69, 9.17) is 5.11 Å². The van der Waals surface area contributed by atoms with Crippen LogP contribution in [0.4, 0.5) is 13.2 Å². The second-order valence-corrected chi connectivity index (χ2v) is 5.75. The number of halogens is 3. The van der Waals surface area contributed by atoms with Gasteiger partial charge in [-0.15, -0.1) is 11.3 Å². The Morgan fingerprint density at radius 2 is 2.14 bits per heavy atom. The fraction of sp³-hybridized carbons (Fsp3) is 0.417. The largest absolute Gasteiger partial charge is 0.480 e. The van der Waals surface area contributed by atoms with E-state index in [1.807, 2.05) is 5.32 Å². The minimum Gasteiger partial charge on any atom is -0.480 e. The number of carbonyl (C=O) groups is 2. The van der Waals surface area contributed by atoms with Crippen LogP contribution in [-0.4, -0.2) is 39.0 Å². The number of rotatable bonds is 4. The summed E-state index contributed by atoms with van der Waals surface area (Å²) >= 11 is 1.04. The predicted molar refractivity (Wildman–Crippen MR) is 72.9 cm³/mol. The normalized spacial score (nSPS) is 13.3. The molecule has 0 aliphatic heterocycles. The predicted octanol–water partition coefficient (Wildman–Crippen LogP) is 2.08. The Morgan fingerprint density at radius 3 is 2.64 bits per heavy atom. The summed E-state index contributed by atoms with van der Waals surface area (Å²) in [5.74, 6) is -2.58. The summed E-state index contributed by atoms with van der Waals surface area (Å²) < 4.78 is 38.5. The van der Waals surface area contributed by atoms with Crippen molar-refractivity contribution in [2.75, 3.05) is 0 Å². The summed E-state index contributed by atoms with van der Waals surface area (Å²) in [7, 11) is 1.68. The Morgan fingerprint density at radius 1 is 1.50 bits per heavy atom. The van der Waals surface area contributed by atoms with Gasteiger partial charge in [0.2, 0.25) is 0 Å². The summed E-state index contributed by atoms with van der Waals surface area (Å²) in [4.78, 5) is 23.6. The van der Waals surface area contributed by atoms with Crippen molar-refractivity contribution < 1.29 is 27.9 Å². The van der Waals surface area contributed by atoms with Crippen molar-refractivity contribution in [1.29, 1.82) is 0 Å². The zero-order valence-corrected chi connectivity index (χ0v) is 12.4. The molecule has 2 rings (SSSR count). The number of amides is 1. The molecule has 6 nitrogen and oxygen atoms in total. The number of hydrogen-bond acceptors (Lipinski definition) is 4. The standard InChI is InChI=1S/C12H12F3N3O3S/c1-5-6-3-8(22-10(6)18(2)17-5)9(19)16-7(11(20)21)4-12(13,14)15/h3,7H,4H2,1-2H3,(H,16,19)(H,20,21). The average Bonchev–Trinajstić information content (AvgIpc) is 2.90. The lowest BCUT2D eigenvalue weighted by Gasteiger charge is -2.15. The van der Waals surface area contributed by atoms with E-state index in [9.17, 15) is 22.8 Å². The van der Waals surface area contributed by atoms with Crippen LogP contribution in [0.15, 0.2) is 6.07 Å². The smallest absolute Gasteiger partial charge is 0.391 e. The third-order valence-corrected chi connectivity index (χ3v) is 4.16. The van der Waals surface area contributed by atoms with E-state index in [1.165, 1.54) is 6.07 Å². The molecule has 0 fully saturated rings. The first-order chi connectivity index (χ1) is 10.1. The highest BCUT2D eigenvalue weighted by Gasteiger charge is 2.36. The number of alkyl halides is 3.